The summed E-state index contributed by atoms with van der Waals surface area (Å²) in [4.78, 5) is 28.5. The smallest absolute Gasteiger partial charge is 0.339 e. The average molecular weight is 361 g/mol. The Morgan fingerprint density at radius 2 is 1.81 bits per heavy atom. The summed E-state index contributed by atoms with van der Waals surface area (Å²) in [6.45, 7) is 12.0. The van der Waals surface area contributed by atoms with Gasteiger partial charge >= 0.3 is 5.63 Å². The molecule has 1 aromatic heterocycles. The second-order valence-electron chi connectivity index (χ2n) is 7.36. The Labute approximate surface area is 153 Å². The van der Waals surface area contributed by atoms with Crippen molar-refractivity contribution < 1.29 is 18.8 Å². The Morgan fingerprint density at radius 3 is 2.42 bits per heavy atom. The zero-order valence-corrected chi connectivity index (χ0v) is 16.3. The fourth-order valence-electron chi connectivity index (χ4n) is 2.66. The molecule has 0 aliphatic rings. The van der Waals surface area contributed by atoms with E-state index in [0.29, 0.717) is 42.9 Å². The van der Waals surface area contributed by atoms with Crippen LogP contribution >= 0.6 is 0 Å². The molecule has 26 heavy (non-hydrogen) atoms. The summed E-state index contributed by atoms with van der Waals surface area (Å²) in [6, 6.07) is 3.79. The highest BCUT2D eigenvalue weighted by Gasteiger charge is 2.16. The summed E-state index contributed by atoms with van der Waals surface area (Å²) >= 11 is 0. The molecule has 2 aromatic rings. The fourth-order valence-corrected chi connectivity index (χ4v) is 2.66. The van der Waals surface area contributed by atoms with Crippen LogP contribution in [0.1, 0.15) is 43.9 Å². The molecular weight excluding hydrogens is 334 g/mol. The Kier molecular flexibility index (Phi) is 6.08. The van der Waals surface area contributed by atoms with Gasteiger partial charge in [-0.05, 0) is 59.2 Å². The largest absolute Gasteiger partial charge is 0.493 e. The van der Waals surface area contributed by atoms with E-state index in [9.17, 15) is 9.59 Å². The molecule has 0 spiro atoms. The van der Waals surface area contributed by atoms with Crippen LogP contribution in [0, 0.1) is 20.8 Å². The van der Waals surface area contributed by atoms with E-state index in [-0.39, 0.29) is 5.63 Å². The van der Waals surface area contributed by atoms with E-state index >= 15 is 0 Å². The summed E-state index contributed by atoms with van der Waals surface area (Å²) in [7, 11) is 0. The molecular formula is C20H27NO5. The third kappa shape index (κ3) is 4.64. The van der Waals surface area contributed by atoms with Gasteiger partial charge in [0.2, 0.25) is 6.41 Å². The van der Waals surface area contributed by atoms with Gasteiger partial charge in [0, 0.05) is 22.9 Å². The fraction of sp³-hybridized carbons (Fsp3) is 0.500. The second kappa shape index (κ2) is 7.91. The topological polar surface area (TPSA) is 69.0 Å². The van der Waals surface area contributed by atoms with Crippen LogP contribution in [0.5, 0.6) is 5.75 Å². The highest BCUT2D eigenvalue weighted by molar-refractivity contribution is 5.85. The molecule has 1 aromatic carbocycles. The van der Waals surface area contributed by atoms with Gasteiger partial charge in [0.05, 0.1) is 18.8 Å². The van der Waals surface area contributed by atoms with Gasteiger partial charge in [-0.25, -0.2) is 9.86 Å². The number of aryl methyl sites for hydroxylation is 2. The van der Waals surface area contributed by atoms with Gasteiger partial charge in [-0.1, -0.05) is 0 Å². The summed E-state index contributed by atoms with van der Waals surface area (Å²) in [5.74, 6) is 0.665. The van der Waals surface area contributed by atoms with E-state index in [2.05, 4.69) is 0 Å². The minimum Gasteiger partial charge on any atom is -0.493 e. The van der Waals surface area contributed by atoms with Crippen LogP contribution in [0.15, 0.2) is 21.3 Å². The van der Waals surface area contributed by atoms with Crippen molar-refractivity contribution in [3.63, 3.8) is 0 Å². The number of amides is 1. The molecule has 0 bridgehead atoms. The highest BCUT2D eigenvalue weighted by atomic mass is 16.7. The minimum absolute atomic E-state index is 0.323. The van der Waals surface area contributed by atoms with E-state index in [1.165, 1.54) is 5.06 Å². The lowest BCUT2D eigenvalue weighted by Crippen LogP contribution is -2.34. The van der Waals surface area contributed by atoms with Gasteiger partial charge in [-0.3, -0.25) is 9.63 Å². The zero-order chi connectivity index (χ0) is 19.5. The Bertz CT molecular complexity index is 848. The van der Waals surface area contributed by atoms with Crippen LogP contribution < -0.4 is 10.4 Å². The molecule has 0 aliphatic carbocycles. The van der Waals surface area contributed by atoms with Crippen molar-refractivity contribution in [2.45, 2.75) is 53.6 Å². The summed E-state index contributed by atoms with van der Waals surface area (Å²) < 4.78 is 11.3. The first-order chi connectivity index (χ1) is 12.1. The monoisotopic (exact) mass is 361 g/mol. The maximum Gasteiger partial charge on any atom is 0.339 e. The molecule has 0 unspecified atom stereocenters. The molecule has 0 radical (unpaired) electrons. The molecule has 1 heterocycles. The maximum atomic E-state index is 11.9. The molecule has 0 fully saturated rings. The summed E-state index contributed by atoms with van der Waals surface area (Å²) in [6.07, 6.45) is 1.29. The molecule has 0 saturated carbocycles. The van der Waals surface area contributed by atoms with Crippen LogP contribution in [0.2, 0.25) is 0 Å². The van der Waals surface area contributed by atoms with Crippen molar-refractivity contribution in [2.24, 2.45) is 0 Å². The number of ether oxygens (including phenoxy) is 1. The van der Waals surface area contributed by atoms with Crippen molar-refractivity contribution in [3.8, 4) is 5.75 Å². The number of fused-ring (bicyclic) bond motifs is 1. The van der Waals surface area contributed by atoms with Crippen molar-refractivity contribution >= 4 is 17.4 Å². The van der Waals surface area contributed by atoms with Crippen molar-refractivity contribution in [1.82, 2.24) is 5.06 Å². The van der Waals surface area contributed by atoms with E-state index in [0.717, 1.165) is 16.5 Å². The molecule has 0 atom stereocenters. The van der Waals surface area contributed by atoms with E-state index in [1.54, 1.807) is 6.92 Å². The maximum absolute atomic E-state index is 11.9. The predicted molar refractivity (Wildman–Crippen MR) is 100 cm³/mol. The van der Waals surface area contributed by atoms with Gasteiger partial charge in [-0.2, -0.15) is 0 Å². The van der Waals surface area contributed by atoms with E-state index in [4.69, 9.17) is 14.0 Å². The van der Waals surface area contributed by atoms with E-state index < -0.39 is 5.60 Å². The molecule has 2 rings (SSSR count). The van der Waals surface area contributed by atoms with Gasteiger partial charge in [-0.15, -0.1) is 0 Å². The third-order valence-corrected chi connectivity index (χ3v) is 4.11. The van der Waals surface area contributed by atoms with Crippen LogP contribution in [0.3, 0.4) is 0 Å². The number of hydrogen-bond donors (Lipinski definition) is 0. The molecule has 0 N–H and O–H groups in total. The lowest BCUT2D eigenvalue weighted by molar-refractivity contribution is -0.216. The quantitative estimate of drug-likeness (QED) is 0.326. The first kappa shape index (κ1) is 20.0. The van der Waals surface area contributed by atoms with E-state index in [1.807, 2.05) is 46.8 Å². The summed E-state index contributed by atoms with van der Waals surface area (Å²) in [5.41, 5.74) is 2.15. The molecule has 142 valence electrons. The predicted octanol–water partition coefficient (Wildman–Crippen LogP) is 3.68. The third-order valence-electron chi connectivity index (χ3n) is 4.11. The standard InChI is InChI=1S/C20H27NO5/c1-13-14(2)19(23)25-18-15(3)17(9-8-16(13)18)24-11-7-10-21(12-22)26-20(4,5)6/h8-9,12H,7,10-11H2,1-6H3. The van der Waals surface area contributed by atoms with Gasteiger partial charge in [0.25, 0.3) is 0 Å². The SMILES string of the molecule is Cc1c(C)c2ccc(OCCCN(C=O)OC(C)(C)C)c(C)c2oc1=O. The van der Waals surface area contributed by atoms with Crippen LogP contribution in [0.4, 0.5) is 0 Å². The first-order valence-corrected chi connectivity index (χ1v) is 8.71. The molecule has 1 amide bonds. The van der Waals surface area contributed by atoms with Crippen LogP contribution in [0.25, 0.3) is 11.0 Å². The number of benzene rings is 1. The van der Waals surface area contributed by atoms with Crippen molar-refractivity contribution in [2.75, 3.05) is 13.2 Å². The Hall–Kier alpha value is -2.34. The molecule has 0 saturated heterocycles. The number of rotatable bonds is 7. The zero-order valence-electron chi connectivity index (χ0n) is 16.3. The Balaban J connectivity index is 2.06. The molecule has 6 nitrogen and oxygen atoms in total. The first-order valence-electron chi connectivity index (χ1n) is 8.71. The van der Waals surface area contributed by atoms with Crippen molar-refractivity contribution in [3.05, 3.63) is 39.2 Å². The van der Waals surface area contributed by atoms with Gasteiger partial charge in [0.15, 0.2) is 0 Å². The Morgan fingerprint density at radius 1 is 1.12 bits per heavy atom. The second-order valence-corrected chi connectivity index (χ2v) is 7.36. The minimum atomic E-state index is -0.426. The lowest BCUT2D eigenvalue weighted by Gasteiger charge is -2.26. The van der Waals surface area contributed by atoms with Crippen molar-refractivity contribution in [1.29, 1.82) is 0 Å². The van der Waals surface area contributed by atoms with Crippen LogP contribution in [-0.2, 0) is 9.63 Å². The average Bonchev–Trinajstić information content (AvgIpc) is 2.56. The normalized spacial score (nSPS) is 11.6. The number of nitrogens with zero attached hydrogens (tertiary/aromatic N) is 1. The highest BCUT2D eigenvalue weighted by Crippen LogP contribution is 2.29. The van der Waals surface area contributed by atoms with Gasteiger partial charge < -0.3 is 9.15 Å². The molecule has 0 aliphatic heterocycles. The number of carbonyl (C=O) groups is 1. The van der Waals surface area contributed by atoms with Crippen LogP contribution in [-0.4, -0.2) is 30.2 Å². The number of carbonyl (C=O) groups excluding carboxylic acids is 1. The van der Waals surface area contributed by atoms with Gasteiger partial charge in [0.1, 0.15) is 11.3 Å². The summed E-state index contributed by atoms with van der Waals surface area (Å²) in [5, 5.41) is 2.19. The number of hydrogen-bond acceptors (Lipinski definition) is 5. The number of hydroxylamine groups is 2. The lowest BCUT2D eigenvalue weighted by atomic mass is 10.0. The molecule has 6 heteroatoms.